The molecule has 2 aromatic carbocycles. The third kappa shape index (κ3) is 5.73. The normalized spacial score (nSPS) is 16.8. The molecule has 9 heteroatoms. The van der Waals surface area contributed by atoms with E-state index in [0.29, 0.717) is 23.6 Å². The first-order valence-electron chi connectivity index (χ1n) is 11.6. The molecule has 0 aromatic heterocycles. The maximum atomic E-state index is 13.0. The number of anilines is 3. The van der Waals surface area contributed by atoms with Crippen molar-refractivity contribution < 1.29 is 14.4 Å². The van der Waals surface area contributed by atoms with Gasteiger partial charge in [0.05, 0.1) is 11.4 Å². The molecule has 1 fully saturated rings. The van der Waals surface area contributed by atoms with Crippen molar-refractivity contribution in [2.75, 3.05) is 74.5 Å². The molecule has 4 amide bonds. The van der Waals surface area contributed by atoms with Crippen LogP contribution >= 0.6 is 0 Å². The van der Waals surface area contributed by atoms with Gasteiger partial charge in [-0.25, -0.2) is 4.79 Å². The summed E-state index contributed by atoms with van der Waals surface area (Å²) in [5, 5.41) is 5.78. The fraction of sp³-hybridized carbons (Fsp3) is 0.400. The van der Waals surface area contributed by atoms with Crippen molar-refractivity contribution >= 4 is 34.9 Å². The zero-order chi connectivity index (χ0) is 24.1. The van der Waals surface area contributed by atoms with Crippen LogP contribution in [0.3, 0.4) is 0 Å². The molecule has 0 radical (unpaired) electrons. The van der Waals surface area contributed by atoms with Crippen LogP contribution in [0.4, 0.5) is 21.9 Å². The number of hydrogen-bond donors (Lipinski definition) is 2. The predicted octanol–water partition coefficient (Wildman–Crippen LogP) is 1.74. The Morgan fingerprint density at radius 2 is 1.62 bits per heavy atom. The molecule has 0 unspecified atom stereocenters. The van der Waals surface area contributed by atoms with Crippen LogP contribution in [-0.4, -0.2) is 87.1 Å². The number of hydrogen-bond acceptors (Lipinski definition) is 5. The minimum Gasteiger partial charge on any atom is -0.353 e. The van der Waals surface area contributed by atoms with E-state index in [4.69, 9.17) is 0 Å². The fourth-order valence-electron chi connectivity index (χ4n) is 4.17. The molecule has 2 N–H and O–H groups in total. The van der Waals surface area contributed by atoms with Gasteiger partial charge in [-0.3, -0.25) is 24.3 Å². The van der Waals surface area contributed by atoms with Crippen molar-refractivity contribution in [1.82, 2.24) is 15.1 Å². The summed E-state index contributed by atoms with van der Waals surface area (Å²) in [6.45, 7) is 7.13. The molecule has 0 atom stereocenters. The summed E-state index contributed by atoms with van der Waals surface area (Å²) in [4.78, 5) is 46.0. The smallest absolute Gasteiger partial charge is 0.326 e. The van der Waals surface area contributed by atoms with Gasteiger partial charge in [0, 0.05) is 45.0 Å². The summed E-state index contributed by atoms with van der Waals surface area (Å²) in [5.41, 5.74) is 2.89. The lowest BCUT2D eigenvalue weighted by Gasteiger charge is -2.35. The first kappa shape index (κ1) is 23.7. The molecule has 2 aliphatic rings. The number of para-hydroxylation sites is 2. The maximum Gasteiger partial charge on any atom is 0.326 e. The summed E-state index contributed by atoms with van der Waals surface area (Å²) in [6, 6.07) is 14.2. The lowest BCUT2D eigenvalue weighted by atomic mass is 10.1. The number of benzene rings is 2. The average Bonchev–Trinajstić information content (AvgIpc) is 2.83. The second-order valence-electron chi connectivity index (χ2n) is 8.85. The summed E-state index contributed by atoms with van der Waals surface area (Å²) < 4.78 is 0. The second-order valence-corrected chi connectivity index (χ2v) is 8.85. The first-order chi connectivity index (χ1) is 16.4. The largest absolute Gasteiger partial charge is 0.353 e. The number of likely N-dealkylation sites (N-methyl/N-ethyl adjacent to an activating group) is 1. The van der Waals surface area contributed by atoms with Crippen molar-refractivity contribution in [1.29, 1.82) is 0 Å². The van der Waals surface area contributed by atoms with Crippen LogP contribution in [0.25, 0.3) is 0 Å². The van der Waals surface area contributed by atoms with Crippen molar-refractivity contribution in [3.63, 3.8) is 0 Å². The van der Waals surface area contributed by atoms with E-state index >= 15 is 0 Å². The number of piperazine rings is 1. The van der Waals surface area contributed by atoms with Crippen LogP contribution in [0, 0.1) is 6.92 Å². The van der Waals surface area contributed by atoms with E-state index in [1.165, 1.54) is 9.80 Å². The molecule has 2 heterocycles. The van der Waals surface area contributed by atoms with E-state index in [1.807, 2.05) is 37.3 Å². The molecule has 9 nitrogen and oxygen atoms in total. The van der Waals surface area contributed by atoms with Gasteiger partial charge in [0.1, 0.15) is 13.1 Å². The maximum absolute atomic E-state index is 13.0. The molecule has 34 heavy (non-hydrogen) atoms. The third-order valence-electron chi connectivity index (χ3n) is 6.25. The number of nitrogens with one attached hydrogen (secondary N) is 2. The van der Waals surface area contributed by atoms with E-state index in [2.05, 4.69) is 27.5 Å². The Hall–Kier alpha value is -3.43. The van der Waals surface area contributed by atoms with Crippen LogP contribution < -0.4 is 20.4 Å². The van der Waals surface area contributed by atoms with Crippen LogP contribution in [0.15, 0.2) is 48.5 Å². The van der Waals surface area contributed by atoms with Gasteiger partial charge < -0.3 is 15.5 Å². The van der Waals surface area contributed by atoms with Gasteiger partial charge in [0.25, 0.3) is 0 Å². The highest BCUT2D eigenvalue weighted by Crippen LogP contribution is 2.33. The standard InChI is InChI=1S/C25H32N6O3/c1-19-7-9-20(10-8-19)27-25(34)31-18-24(33)30(21-5-3-4-6-22(21)31)17-23(32)26-11-12-29-15-13-28(2)14-16-29/h3-10H,11-18H2,1-2H3,(H,26,32)(H,27,34). The Morgan fingerprint density at radius 3 is 2.32 bits per heavy atom. The minimum atomic E-state index is -0.388. The Morgan fingerprint density at radius 1 is 0.941 bits per heavy atom. The second kappa shape index (κ2) is 10.7. The molecule has 180 valence electrons. The number of urea groups is 1. The SMILES string of the molecule is Cc1ccc(NC(=O)N2CC(=O)N(CC(=O)NCCN3CCN(C)CC3)c3ccccc32)cc1. The Bertz CT molecular complexity index is 1030. The molecule has 2 aliphatic heterocycles. The Labute approximate surface area is 200 Å². The molecule has 0 saturated carbocycles. The summed E-state index contributed by atoms with van der Waals surface area (Å²) in [7, 11) is 2.11. The topological polar surface area (TPSA) is 88.2 Å². The van der Waals surface area contributed by atoms with E-state index in [9.17, 15) is 14.4 Å². The van der Waals surface area contributed by atoms with E-state index in [-0.39, 0.29) is 30.9 Å². The van der Waals surface area contributed by atoms with E-state index in [1.54, 1.807) is 18.2 Å². The van der Waals surface area contributed by atoms with Gasteiger partial charge in [-0.15, -0.1) is 0 Å². The summed E-state index contributed by atoms with van der Waals surface area (Å²) in [6.07, 6.45) is 0. The zero-order valence-electron chi connectivity index (χ0n) is 19.8. The number of nitrogens with zero attached hydrogens (tertiary/aromatic N) is 4. The predicted molar refractivity (Wildman–Crippen MR) is 133 cm³/mol. The lowest BCUT2D eigenvalue weighted by molar-refractivity contribution is -0.123. The van der Waals surface area contributed by atoms with E-state index in [0.717, 1.165) is 38.3 Å². The van der Waals surface area contributed by atoms with Gasteiger partial charge in [-0.1, -0.05) is 29.8 Å². The highest BCUT2D eigenvalue weighted by atomic mass is 16.2. The number of fused-ring (bicyclic) bond motifs is 1. The van der Waals surface area contributed by atoms with Crippen molar-refractivity contribution in [2.45, 2.75) is 6.92 Å². The van der Waals surface area contributed by atoms with E-state index < -0.39 is 0 Å². The molecule has 0 spiro atoms. The Kier molecular flexibility index (Phi) is 7.44. The minimum absolute atomic E-state index is 0.0774. The lowest BCUT2D eigenvalue weighted by Crippen LogP contribution is -2.52. The van der Waals surface area contributed by atoms with Crippen molar-refractivity contribution in [3.8, 4) is 0 Å². The summed E-state index contributed by atoms with van der Waals surface area (Å²) >= 11 is 0. The van der Waals surface area contributed by atoms with Crippen LogP contribution in [0.5, 0.6) is 0 Å². The van der Waals surface area contributed by atoms with Gasteiger partial charge >= 0.3 is 6.03 Å². The van der Waals surface area contributed by atoms with Crippen molar-refractivity contribution in [2.24, 2.45) is 0 Å². The molecular weight excluding hydrogens is 432 g/mol. The number of carbonyl (C=O) groups is 3. The summed E-state index contributed by atoms with van der Waals surface area (Å²) in [5.74, 6) is -0.512. The molecule has 4 rings (SSSR count). The molecule has 2 aromatic rings. The van der Waals surface area contributed by atoms with Gasteiger partial charge in [-0.05, 0) is 38.2 Å². The quantitative estimate of drug-likeness (QED) is 0.680. The highest BCUT2D eigenvalue weighted by molar-refractivity contribution is 6.15. The third-order valence-corrected chi connectivity index (χ3v) is 6.25. The van der Waals surface area contributed by atoms with Gasteiger partial charge in [0.2, 0.25) is 11.8 Å². The zero-order valence-corrected chi connectivity index (χ0v) is 19.8. The van der Waals surface area contributed by atoms with Gasteiger partial charge in [-0.2, -0.15) is 0 Å². The Balaban J connectivity index is 1.37. The number of amides is 4. The number of aryl methyl sites for hydroxylation is 1. The van der Waals surface area contributed by atoms with Crippen LogP contribution in [0.2, 0.25) is 0 Å². The van der Waals surface area contributed by atoms with Crippen molar-refractivity contribution in [3.05, 3.63) is 54.1 Å². The fourth-order valence-corrected chi connectivity index (χ4v) is 4.17. The van der Waals surface area contributed by atoms with Crippen LogP contribution in [0.1, 0.15) is 5.56 Å². The molecule has 1 saturated heterocycles. The molecule has 0 aliphatic carbocycles. The van der Waals surface area contributed by atoms with Gasteiger partial charge in [0.15, 0.2) is 0 Å². The monoisotopic (exact) mass is 464 g/mol. The molecular formula is C25H32N6O3. The number of carbonyl (C=O) groups excluding carboxylic acids is 3. The molecule has 0 bridgehead atoms. The highest BCUT2D eigenvalue weighted by Gasteiger charge is 2.33. The van der Waals surface area contributed by atoms with Crippen LogP contribution in [-0.2, 0) is 9.59 Å². The average molecular weight is 465 g/mol. The number of rotatable bonds is 6. The first-order valence-corrected chi connectivity index (χ1v) is 11.6.